The Kier molecular flexibility index (Phi) is 7.49. The zero-order valence-electron chi connectivity index (χ0n) is 22.5. The summed E-state index contributed by atoms with van der Waals surface area (Å²) in [4.78, 5) is 10.6. The summed E-state index contributed by atoms with van der Waals surface area (Å²) < 4.78 is 6.03. The number of benzene rings is 4. The van der Waals surface area contributed by atoms with Crippen LogP contribution in [0.5, 0.6) is 17.2 Å². The van der Waals surface area contributed by atoms with Crippen molar-refractivity contribution in [2.24, 2.45) is 0 Å². The molecule has 2 heterocycles. The third-order valence-electron chi connectivity index (χ3n) is 7.11. The van der Waals surface area contributed by atoms with Crippen LogP contribution in [0.4, 0.5) is 0 Å². The first-order chi connectivity index (χ1) is 20.1. The van der Waals surface area contributed by atoms with Crippen molar-refractivity contribution < 1.29 is 19.6 Å². The van der Waals surface area contributed by atoms with Gasteiger partial charge in [0.2, 0.25) is 0 Å². The van der Waals surface area contributed by atoms with Crippen LogP contribution in [0.3, 0.4) is 0 Å². The number of hydrogen-bond acceptors (Lipinski definition) is 4. The molecule has 6 rings (SSSR count). The Hall–Kier alpha value is -5.30. The van der Waals surface area contributed by atoms with E-state index in [0.29, 0.717) is 5.75 Å². The van der Waals surface area contributed by atoms with Gasteiger partial charge in [0, 0.05) is 24.1 Å². The van der Waals surface area contributed by atoms with Crippen molar-refractivity contribution in [3.05, 3.63) is 139 Å². The Bertz CT molecular complexity index is 1710. The van der Waals surface area contributed by atoms with Gasteiger partial charge in [-0.15, -0.1) is 0 Å². The lowest BCUT2D eigenvalue weighted by Gasteiger charge is -2.09. The number of imidazole rings is 2. The van der Waals surface area contributed by atoms with E-state index < -0.39 is 0 Å². The van der Waals surface area contributed by atoms with Crippen LogP contribution in [-0.4, -0.2) is 24.5 Å². The van der Waals surface area contributed by atoms with Crippen molar-refractivity contribution >= 4 is 0 Å². The Balaban J connectivity index is 1.18. The molecule has 0 bridgehead atoms. The molecule has 0 aliphatic heterocycles. The second-order valence-electron chi connectivity index (χ2n) is 9.97. The minimum atomic E-state index is 0.238. The molecule has 0 amide bonds. The van der Waals surface area contributed by atoms with Gasteiger partial charge in [-0.05, 0) is 82.9 Å². The lowest BCUT2D eigenvalue weighted by molar-refractivity contribution is -0.686. The molecule has 7 heteroatoms. The SMILES string of the molecule is Oc1ccc(CCn2cncc2-c2ccc(On3cc(-c4ccc(O)cc4)[n+](CCc4ccccc4)c3)cc2)cc1. The van der Waals surface area contributed by atoms with Gasteiger partial charge in [-0.2, -0.15) is 0 Å². The number of aromatic nitrogens is 4. The molecular formula is C34H31N4O3+. The molecule has 2 aromatic heterocycles. The van der Waals surface area contributed by atoms with Crippen LogP contribution in [-0.2, 0) is 25.9 Å². The van der Waals surface area contributed by atoms with Gasteiger partial charge in [0.05, 0.1) is 24.8 Å². The molecule has 6 aromatic rings. The van der Waals surface area contributed by atoms with Gasteiger partial charge in [-0.1, -0.05) is 42.5 Å². The molecule has 0 radical (unpaired) electrons. The van der Waals surface area contributed by atoms with Crippen LogP contribution < -0.4 is 9.40 Å². The molecule has 41 heavy (non-hydrogen) atoms. The highest BCUT2D eigenvalue weighted by Gasteiger charge is 2.18. The third-order valence-corrected chi connectivity index (χ3v) is 7.11. The monoisotopic (exact) mass is 543 g/mol. The minimum absolute atomic E-state index is 0.238. The molecule has 4 aromatic carbocycles. The van der Waals surface area contributed by atoms with E-state index in [1.165, 1.54) is 5.56 Å². The van der Waals surface area contributed by atoms with E-state index in [4.69, 9.17) is 4.84 Å². The number of nitrogens with zero attached hydrogens (tertiary/aromatic N) is 4. The highest BCUT2D eigenvalue weighted by atomic mass is 16.7. The van der Waals surface area contributed by atoms with Gasteiger partial charge < -0.3 is 14.8 Å². The Morgan fingerprint density at radius 2 is 1.37 bits per heavy atom. The molecule has 0 aliphatic carbocycles. The van der Waals surface area contributed by atoms with Gasteiger partial charge in [0.15, 0.2) is 17.6 Å². The van der Waals surface area contributed by atoms with E-state index in [-0.39, 0.29) is 11.5 Å². The van der Waals surface area contributed by atoms with Crippen molar-refractivity contribution in [3.63, 3.8) is 0 Å². The summed E-state index contributed by atoms with van der Waals surface area (Å²) >= 11 is 0. The van der Waals surface area contributed by atoms with Gasteiger partial charge in [0.1, 0.15) is 11.5 Å². The maximum absolute atomic E-state index is 9.77. The molecule has 0 saturated heterocycles. The minimum Gasteiger partial charge on any atom is -0.508 e. The van der Waals surface area contributed by atoms with Gasteiger partial charge in [-0.25, -0.2) is 9.55 Å². The van der Waals surface area contributed by atoms with Gasteiger partial charge in [-0.3, -0.25) is 4.84 Å². The number of aromatic hydroxyl groups is 2. The second kappa shape index (κ2) is 11.8. The Morgan fingerprint density at radius 1 is 0.707 bits per heavy atom. The predicted octanol–water partition coefficient (Wildman–Crippen LogP) is 6.04. The van der Waals surface area contributed by atoms with Crippen molar-refractivity contribution in [2.45, 2.75) is 25.9 Å². The summed E-state index contributed by atoms with van der Waals surface area (Å²) in [5, 5.41) is 19.3. The van der Waals surface area contributed by atoms with Crippen molar-refractivity contribution in [1.29, 1.82) is 0 Å². The fourth-order valence-electron chi connectivity index (χ4n) is 4.88. The third kappa shape index (κ3) is 6.31. The van der Waals surface area contributed by atoms with E-state index in [9.17, 15) is 10.2 Å². The molecule has 0 unspecified atom stereocenters. The van der Waals surface area contributed by atoms with E-state index in [1.54, 1.807) is 29.0 Å². The molecule has 0 spiro atoms. The van der Waals surface area contributed by atoms with Crippen LogP contribution in [0.15, 0.2) is 128 Å². The summed E-state index contributed by atoms with van der Waals surface area (Å²) in [5.41, 5.74) is 6.50. The van der Waals surface area contributed by atoms with Crippen LogP contribution in [0.2, 0.25) is 0 Å². The van der Waals surface area contributed by atoms with Gasteiger partial charge >= 0.3 is 0 Å². The second-order valence-corrected chi connectivity index (χ2v) is 9.97. The standard InChI is InChI=1S/C34H30N4O3/c39-30-12-6-27(7-13-30)18-20-36-24-35-22-33(36)28-10-16-32(17-11-28)41-38-23-34(29-8-14-31(40)15-9-29)37(25-38)21-19-26-4-2-1-3-5-26/h1-17,22-25H,18-21H2,(H-,39,40)/p+1. The fourth-order valence-corrected chi connectivity index (χ4v) is 4.88. The van der Waals surface area contributed by atoms with Crippen molar-refractivity contribution in [3.8, 4) is 39.8 Å². The van der Waals surface area contributed by atoms with Crippen molar-refractivity contribution in [1.82, 2.24) is 14.3 Å². The number of hydrogen-bond donors (Lipinski definition) is 2. The summed E-state index contributed by atoms with van der Waals surface area (Å²) in [7, 11) is 0. The largest absolute Gasteiger partial charge is 0.508 e. The number of phenols is 2. The molecule has 0 atom stereocenters. The smallest absolute Gasteiger partial charge is 0.285 e. The first-order valence-corrected chi connectivity index (χ1v) is 13.6. The molecule has 0 fully saturated rings. The molecule has 0 aliphatic rings. The summed E-state index contributed by atoms with van der Waals surface area (Å²) in [6.45, 7) is 1.56. The highest BCUT2D eigenvalue weighted by Crippen LogP contribution is 2.24. The molecule has 2 N–H and O–H groups in total. The average molecular weight is 544 g/mol. The Labute approximate surface area is 238 Å². The summed E-state index contributed by atoms with van der Waals surface area (Å²) in [5.74, 6) is 1.23. The molecule has 204 valence electrons. The average Bonchev–Trinajstić information content (AvgIpc) is 3.64. The van der Waals surface area contributed by atoms with Crippen molar-refractivity contribution in [2.75, 3.05) is 0 Å². The molecule has 0 saturated carbocycles. The number of phenolic OH excluding ortho intramolecular Hbond substituents is 2. The zero-order valence-corrected chi connectivity index (χ0v) is 22.5. The maximum Gasteiger partial charge on any atom is 0.285 e. The van der Waals surface area contributed by atoms with E-state index in [2.05, 4.69) is 38.4 Å². The lowest BCUT2D eigenvalue weighted by atomic mass is 10.1. The zero-order chi connectivity index (χ0) is 28.0. The summed E-state index contributed by atoms with van der Waals surface area (Å²) in [6, 6.07) is 32.9. The molecular weight excluding hydrogens is 512 g/mol. The Morgan fingerprint density at radius 3 is 2.10 bits per heavy atom. The first-order valence-electron chi connectivity index (χ1n) is 13.6. The quantitative estimate of drug-likeness (QED) is 0.207. The number of aryl methyl sites for hydroxylation is 4. The predicted molar refractivity (Wildman–Crippen MR) is 157 cm³/mol. The van der Waals surface area contributed by atoms with Crippen LogP contribution in [0.1, 0.15) is 11.1 Å². The highest BCUT2D eigenvalue weighted by molar-refractivity contribution is 5.60. The lowest BCUT2D eigenvalue weighted by Crippen LogP contribution is -2.35. The van der Waals surface area contributed by atoms with Crippen LogP contribution in [0, 0.1) is 0 Å². The summed E-state index contributed by atoms with van der Waals surface area (Å²) in [6.07, 6.45) is 9.36. The first kappa shape index (κ1) is 26.0. The van der Waals surface area contributed by atoms with E-state index in [0.717, 1.165) is 54.0 Å². The van der Waals surface area contributed by atoms with E-state index >= 15 is 0 Å². The molecule has 7 nitrogen and oxygen atoms in total. The van der Waals surface area contributed by atoms with Crippen LogP contribution >= 0.6 is 0 Å². The van der Waals surface area contributed by atoms with E-state index in [1.807, 2.05) is 79.6 Å². The normalized spacial score (nSPS) is 11.0. The fraction of sp³-hybridized carbons (Fsp3) is 0.118. The van der Waals surface area contributed by atoms with Gasteiger partial charge in [0.25, 0.3) is 6.33 Å². The number of rotatable bonds is 10. The topological polar surface area (TPSA) is 76.3 Å². The maximum atomic E-state index is 9.77. The van der Waals surface area contributed by atoms with Crippen LogP contribution in [0.25, 0.3) is 22.5 Å².